The van der Waals surface area contributed by atoms with Gasteiger partial charge in [-0.25, -0.2) is 0 Å². The van der Waals surface area contributed by atoms with Gasteiger partial charge < -0.3 is 25.6 Å². The van der Waals surface area contributed by atoms with Crippen LogP contribution in [-0.4, -0.2) is 69.1 Å². The van der Waals surface area contributed by atoms with Crippen LogP contribution in [0, 0.1) is 0 Å². The molecule has 2 amide bonds. The zero-order valence-corrected chi connectivity index (χ0v) is 16.2. The maximum absolute atomic E-state index is 12.1. The minimum atomic E-state index is -0.132. The predicted octanol–water partition coefficient (Wildman–Crippen LogP) is 0.601. The number of nitrogens with zero attached hydrogens (tertiary/aromatic N) is 2. The fraction of sp³-hybridized carbons (Fsp3) is 0.526. The van der Waals surface area contributed by atoms with Crippen molar-refractivity contribution >= 4 is 17.8 Å². The average molecular weight is 375 g/mol. The van der Waals surface area contributed by atoms with Crippen molar-refractivity contribution in [2.75, 3.05) is 40.3 Å². The van der Waals surface area contributed by atoms with Gasteiger partial charge in [-0.05, 0) is 30.7 Å². The van der Waals surface area contributed by atoms with Gasteiger partial charge in [-0.15, -0.1) is 0 Å². The lowest BCUT2D eigenvalue weighted by atomic mass is 10.2. The number of amides is 2. The molecule has 0 aliphatic carbocycles. The van der Waals surface area contributed by atoms with Crippen LogP contribution in [0.25, 0.3) is 0 Å². The van der Waals surface area contributed by atoms with Crippen molar-refractivity contribution in [3.63, 3.8) is 0 Å². The first-order valence-corrected chi connectivity index (χ1v) is 9.24. The molecular formula is C19H29N5O3. The molecule has 2 rings (SSSR count). The molecule has 1 unspecified atom stereocenters. The zero-order valence-electron chi connectivity index (χ0n) is 16.2. The summed E-state index contributed by atoms with van der Waals surface area (Å²) in [7, 11) is 3.29. The van der Waals surface area contributed by atoms with Crippen LogP contribution >= 0.6 is 0 Å². The first-order valence-electron chi connectivity index (χ1n) is 9.24. The number of likely N-dealkylation sites (tertiary alicyclic amines) is 1. The van der Waals surface area contributed by atoms with Crippen molar-refractivity contribution in [1.29, 1.82) is 0 Å². The smallest absolute Gasteiger partial charge is 0.251 e. The Morgan fingerprint density at radius 3 is 2.56 bits per heavy atom. The van der Waals surface area contributed by atoms with Crippen molar-refractivity contribution in [2.45, 2.75) is 25.8 Å². The van der Waals surface area contributed by atoms with Crippen LogP contribution in [0.3, 0.4) is 0 Å². The molecule has 1 aliphatic rings. The number of aliphatic imine (C=N–C) groups is 1. The number of methoxy groups -OCH3 is 1. The van der Waals surface area contributed by atoms with Crippen LogP contribution in [0.5, 0.6) is 5.75 Å². The van der Waals surface area contributed by atoms with Crippen molar-refractivity contribution in [1.82, 2.24) is 20.9 Å². The molecule has 0 saturated carbocycles. The van der Waals surface area contributed by atoms with E-state index in [0.29, 0.717) is 43.3 Å². The van der Waals surface area contributed by atoms with E-state index in [1.165, 1.54) is 0 Å². The number of rotatable bonds is 7. The van der Waals surface area contributed by atoms with Gasteiger partial charge >= 0.3 is 0 Å². The largest absolute Gasteiger partial charge is 0.497 e. The van der Waals surface area contributed by atoms with Crippen LogP contribution in [0.4, 0.5) is 0 Å². The maximum Gasteiger partial charge on any atom is 0.251 e. The Labute approximate surface area is 160 Å². The molecule has 148 valence electrons. The number of benzene rings is 1. The van der Waals surface area contributed by atoms with Gasteiger partial charge in [0.25, 0.3) is 5.91 Å². The first kappa shape index (κ1) is 20.5. The molecule has 0 radical (unpaired) electrons. The quantitative estimate of drug-likeness (QED) is 0.369. The van der Waals surface area contributed by atoms with Crippen molar-refractivity contribution in [3.8, 4) is 5.75 Å². The molecule has 0 aromatic heterocycles. The number of hydrogen-bond acceptors (Lipinski definition) is 4. The summed E-state index contributed by atoms with van der Waals surface area (Å²) in [5.41, 5.74) is 0.588. The Morgan fingerprint density at radius 1 is 1.22 bits per heavy atom. The van der Waals surface area contributed by atoms with E-state index in [2.05, 4.69) is 20.9 Å². The van der Waals surface area contributed by atoms with Crippen molar-refractivity contribution in [3.05, 3.63) is 29.8 Å². The molecule has 1 atom stereocenters. The van der Waals surface area contributed by atoms with Gasteiger partial charge in [0.2, 0.25) is 5.91 Å². The molecule has 1 saturated heterocycles. The van der Waals surface area contributed by atoms with E-state index in [0.717, 1.165) is 13.0 Å². The number of guanidine groups is 1. The topological polar surface area (TPSA) is 95.1 Å². The van der Waals surface area contributed by atoms with E-state index in [-0.39, 0.29) is 17.9 Å². The summed E-state index contributed by atoms with van der Waals surface area (Å²) in [6.45, 7) is 4.37. The van der Waals surface area contributed by atoms with Gasteiger partial charge in [-0.3, -0.25) is 14.6 Å². The predicted molar refractivity (Wildman–Crippen MR) is 105 cm³/mol. The van der Waals surface area contributed by atoms with E-state index in [9.17, 15) is 9.59 Å². The van der Waals surface area contributed by atoms with Crippen LogP contribution in [-0.2, 0) is 4.79 Å². The third-order valence-corrected chi connectivity index (χ3v) is 4.46. The van der Waals surface area contributed by atoms with E-state index in [1.807, 2.05) is 11.8 Å². The van der Waals surface area contributed by atoms with Crippen molar-refractivity contribution in [2.24, 2.45) is 4.99 Å². The lowest BCUT2D eigenvalue weighted by molar-refractivity contribution is -0.129. The highest BCUT2D eigenvalue weighted by molar-refractivity contribution is 5.94. The van der Waals surface area contributed by atoms with E-state index in [4.69, 9.17) is 4.74 Å². The summed E-state index contributed by atoms with van der Waals surface area (Å²) in [5, 5.41) is 9.37. The van der Waals surface area contributed by atoms with E-state index in [1.54, 1.807) is 38.4 Å². The zero-order chi connectivity index (χ0) is 19.6. The molecular weight excluding hydrogens is 346 g/mol. The molecule has 1 fully saturated rings. The summed E-state index contributed by atoms with van der Waals surface area (Å²) < 4.78 is 5.08. The Balaban J connectivity index is 1.69. The van der Waals surface area contributed by atoms with Crippen LogP contribution < -0.4 is 20.7 Å². The lowest BCUT2D eigenvalue weighted by Crippen LogP contribution is -2.46. The third-order valence-electron chi connectivity index (χ3n) is 4.46. The van der Waals surface area contributed by atoms with Gasteiger partial charge in [0.1, 0.15) is 5.75 Å². The molecule has 3 N–H and O–H groups in total. The molecule has 1 heterocycles. The highest BCUT2D eigenvalue weighted by Gasteiger charge is 2.25. The number of carbonyl (C=O) groups excluding carboxylic acids is 2. The Bertz CT molecular complexity index is 660. The summed E-state index contributed by atoms with van der Waals surface area (Å²) in [6, 6.07) is 7.16. The minimum Gasteiger partial charge on any atom is -0.497 e. The number of nitrogens with one attached hydrogen (secondary N) is 3. The number of ether oxygens (including phenoxy) is 1. The molecule has 1 aromatic rings. The third kappa shape index (κ3) is 6.16. The molecule has 1 aliphatic heterocycles. The monoisotopic (exact) mass is 375 g/mol. The molecule has 8 heteroatoms. The fourth-order valence-electron chi connectivity index (χ4n) is 2.92. The highest BCUT2D eigenvalue weighted by Crippen LogP contribution is 2.11. The lowest BCUT2D eigenvalue weighted by Gasteiger charge is -2.18. The minimum absolute atomic E-state index is 0.132. The SMILES string of the molecule is CCC(=O)N1CCC(NC(=NC)NCCNC(=O)c2ccc(OC)cc2)C1. The molecule has 27 heavy (non-hydrogen) atoms. The summed E-state index contributed by atoms with van der Waals surface area (Å²) in [4.78, 5) is 29.9. The second kappa shape index (κ2) is 10.4. The number of hydrogen-bond donors (Lipinski definition) is 3. The Hall–Kier alpha value is -2.77. The average Bonchev–Trinajstić information content (AvgIpc) is 3.18. The summed E-state index contributed by atoms with van der Waals surface area (Å²) in [5.74, 6) is 1.44. The molecule has 8 nitrogen and oxygen atoms in total. The number of carbonyl (C=O) groups is 2. The summed E-state index contributed by atoms with van der Waals surface area (Å²) in [6.07, 6.45) is 1.44. The molecule has 1 aromatic carbocycles. The van der Waals surface area contributed by atoms with Crippen molar-refractivity contribution < 1.29 is 14.3 Å². The normalized spacial score (nSPS) is 16.8. The van der Waals surface area contributed by atoms with Crippen LogP contribution in [0.1, 0.15) is 30.1 Å². The Kier molecular flexibility index (Phi) is 7.91. The van der Waals surface area contributed by atoms with E-state index >= 15 is 0 Å². The van der Waals surface area contributed by atoms with Crippen LogP contribution in [0.15, 0.2) is 29.3 Å². The highest BCUT2D eigenvalue weighted by atomic mass is 16.5. The fourth-order valence-corrected chi connectivity index (χ4v) is 2.92. The second-order valence-corrected chi connectivity index (χ2v) is 6.31. The second-order valence-electron chi connectivity index (χ2n) is 6.31. The molecule has 0 bridgehead atoms. The van der Waals surface area contributed by atoms with Gasteiger partial charge in [-0.1, -0.05) is 6.92 Å². The maximum atomic E-state index is 12.1. The van der Waals surface area contributed by atoms with Crippen LogP contribution in [0.2, 0.25) is 0 Å². The van der Waals surface area contributed by atoms with Gasteiger partial charge in [-0.2, -0.15) is 0 Å². The van der Waals surface area contributed by atoms with Gasteiger partial charge in [0.15, 0.2) is 5.96 Å². The Morgan fingerprint density at radius 2 is 1.93 bits per heavy atom. The summed E-state index contributed by atoms with van der Waals surface area (Å²) >= 11 is 0. The van der Waals surface area contributed by atoms with Gasteiger partial charge in [0.05, 0.1) is 7.11 Å². The molecule has 0 spiro atoms. The first-order chi connectivity index (χ1) is 13.1. The van der Waals surface area contributed by atoms with E-state index < -0.39 is 0 Å². The van der Waals surface area contributed by atoms with Gasteiger partial charge in [0, 0.05) is 51.3 Å². The standard InChI is InChI=1S/C19H29N5O3/c1-4-17(25)24-12-9-15(13-24)23-19(20-2)22-11-10-21-18(26)14-5-7-16(27-3)8-6-14/h5-8,15H,4,9-13H2,1-3H3,(H,21,26)(H2,20,22,23).